The number of aliphatic imine (C=N–C) groups is 1. The van der Waals surface area contributed by atoms with Crippen LogP contribution in [0.2, 0.25) is 0 Å². The van der Waals surface area contributed by atoms with E-state index in [1.807, 2.05) is 23.1 Å². The summed E-state index contributed by atoms with van der Waals surface area (Å²) in [6, 6.07) is 8.11. The fraction of sp³-hybridized carbons (Fsp3) is 0.500. The van der Waals surface area contributed by atoms with Gasteiger partial charge in [0, 0.05) is 17.5 Å². The Balaban J connectivity index is 0.00000161. The second kappa shape index (κ2) is 7.42. The monoisotopic (exact) mass is 333 g/mol. The van der Waals surface area contributed by atoms with E-state index in [9.17, 15) is 8.78 Å². The number of anilines is 1. The van der Waals surface area contributed by atoms with Crippen LogP contribution in [0, 0.1) is 0 Å². The first-order valence-electron chi connectivity index (χ1n) is 6.77. The molecule has 1 aromatic rings. The summed E-state index contributed by atoms with van der Waals surface area (Å²) in [6.45, 7) is 2.06. The fourth-order valence-electron chi connectivity index (χ4n) is 2.57. The van der Waals surface area contributed by atoms with Crippen LogP contribution in [0.3, 0.4) is 0 Å². The van der Waals surface area contributed by atoms with Crippen LogP contribution in [0.5, 0.6) is 0 Å². The summed E-state index contributed by atoms with van der Waals surface area (Å²) in [5.41, 5.74) is 2.30. The van der Waals surface area contributed by atoms with Gasteiger partial charge in [-0.1, -0.05) is 30.0 Å². The third-order valence-corrected chi connectivity index (χ3v) is 4.73. The highest BCUT2D eigenvalue weighted by atomic mass is 35.5. The molecule has 1 N–H and O–H groups in total. The van der Waals surface area contributed by atoms with Crippen molar-refractivity contribution in [1.29, 1.82) is 0 Å². The molecule has 7 heteroatoms. The van der Waals surface area contributed by atoms with Crippen molar-refractivity contribution in [3.63, 3.8) is 0 Å². The predicted molar refractivity (Wildman–Crippen MR) is 86.9 cm³/mol. The zero-order chi connectivity index (χ0) is 13.9. The molecule has 0 saturated carbocycles. The van der Waals surface area contributed by atoms with Crippen LogP contribution in [-0.4, -0.2) is 41.4 Å². The first-order chi connectivity index (χ1) is 9.70. The average molecular weight is 334 g/mol. The highest BCUT2D eigenvalue weighted by molar-refractivity contribution is 8.14. The van der Waals surface area contributed by atoms with E-state index in [4.69, 9.17) is 0 Å². The maximum Gasteiger partial charge on any atom is 0.251 e. The Morgan fingerprint density at radius 1 is 1.38 bits per heavy atom. The first-order valence-corrected chi connectivity index (χ1v) is 7.65. The van der Waals surface area contributed by atoms with E-state index in [2.05, 4.69) is 16.4 Å². The van der Waals surface area contributed by atoms with Crippen LogP contribution in [-0.2, 0) is 6.54 Å². The zero-order valence-corrected chi connectivity index (χ0v) is 13.1. The summed E-state index contributed by atoms with van der Waals surface area (Å²) in [5, 5.41) is 4.59. The lowest BCUT2D eigenvalue weighted by Gasteiger charge is -2.20. The van der Waals surface area contributed by atoms with Crippen molar-refractivity contribution in [3.05, 3.63) is 29.8 Å². The van der Waals surface area contributed by atoms with Gasteiger partial charge in [-0.25, -0.2) is 8.78 Å². The molecule has 2 aliphatic rings. The lowest BCUT2D eigenvalue weighted by atomic mass is 10.1. The highest BCUT2D eigenvalue weighted by Crippen LogP contribution is 2.28. The van der Waals surface area contributed by atoms with E-state index in [1.54, 1.807) is 11.8 Å². The number of thioether (sulfide) groups is 1. The molecule has 0 aliphatic carbocycles. The number of nitrogens with zero attached hydrogens (tertiary/aromatic N) is 2. The minimum Gasteiger partial charge on any atom is -0.335 e. The Bertz CT molecular complexity index is 513. The van der Waals surface area contributed by atoms with Crippen LogP contribution >= 0.6 is 24.2 Å². The number of alkyl halides is 2. The number of benzene rings is 1. The number of fused-ring (bicyclic) bond motifs is 1. The van der Waals surface area contributed by atoms with Gasteiger partial charge in [0.2, 0.25) is 0 Å². The number of amidine groups is 1. The molecule has 3 rings (SSSR count). The molecule has 21 heavy (non-hydrogen) atoms. The van der Waals surface area contributed by atoms with Gasteiger partial charge in [0.15, 0.2) is 5.17 Å². The number of hydrogen-bond acceptors (Lipinski definition) is 4. The van der Waals surface area contributed by atoms with E-state index >= 15 is 0 Å². The second-order valence-corrected chi connectivity index (χ2v) is 6.37. The molecule has 2 aliphatic heterocycles. The van der Waals surface area contributed by atoms with Crippen molar-refractivity contribution < 1.29 is 8.78 Å². The Kier molecular flexibility index (Phi) is 5.84. The third-order valence-electron chi connectivity index (χ3n) is 3.56. The molecular weight excluding hydrogens is 316 g/mol. The standard InChI is InChI=1S/C14H17F2N3S.ClH/c15-13(16)9-19-6-5-11(8-19)20-14-17-7-10-3-1-2-4-12(10)18-14;/h1-4,11,13H,5-9H2,(H,17,18);1H. The van der Waals surface area contributed by atoms with E-state index in [0.29, 0.717) is 11.8 Å². The average Bonchev–Trinajstić information content (AvgIpc) is 2.85. The molecule has 1 unspecified atom stereocenters. The van der Waals surface area contributed by atoms with Crippen LogP contribution < -0.4 is 5.32 Å². The van der Waals surface area contributed by atoms with E-state index < -0.39 is 6.43 Å². The van der Waals surface area contributed by atoms with Crippen LogP contribution in [0.1, 0.15) is 12.0 Å². The van der Waals surface area contributed by atoms with Crippen molar-refractivity contribution in [2.75, 3.05) is 25.0 Å². The van der Waals surface area contributed by atoms with E-state index in [0.717, 1.165) is 30.4 Å². The van der Waals surface area contributed by atoms with Gasteiger partial charge in [-0.2, -0.15) is 0 Å². The predicted octanol–water partition coefficient (Wildman–Crippen LogP) is 3.46. The van der Waals surface area contributed by atoms with Crippen LogP contribution in [0.15, 0.2) is 29.3 Å². The van der Waals surface area contributed by atoms with Gasteiger partial charge in [-0.05, 0) is 24.6 Å². The fourth-order valence-corrected chi connectivity index (χ4v) is 3.70. The van der Waals surface area contributed by atoms with Crippen molar-refractivity contribution in [1.82, 2.24) is 4.90 Å². The largest absolute Gasteiger partial charge is 0.335 e. The highest BCUT2D eigenvalue weighted by Gasteiger charge is 2.27. The molecule has 0 aromatic heterocycles. The van der Waals surface area contributed by atoms with Crippen molar-refractivity contribution in [2.45, 2.75) is 24.6 Å². The van der Waals surface area contributed by atoms with E-state index in [1.165, 1.54) is 5.56 Å². The molecule has 2 heterocycles. The SMILES string of the molecule is Cl.FC(F)CN1CCC(SC2=NCc3ccccc3N2)C1. The molecule has 1 aromatic carbocycles. The van der Waals surface area contributed by atoms with Gasteiger partial charge in [-0.15, -0.1) is 12.4 Å². The van der Waals surface area contributed by atoms with Gasteiger partial charge < -0.3 is 5.32 Å². The van der Waals surface area contributed by atoms with Crippen LogP contribution in [0.4, 0.5) is 14.5 Å². The van der Waals surface area contributed by atoms with Gasteiger partial charge in [0.1, 0.15) is 0 Å². The molecule has 0 spiro atoms. The Morgan fingerprint density at radius 3 is 3.00 bits per heavy atom. The summed E-state index contributed by atoms with van der Waals surface area (Å²) in [6.07, 6.45) is -1.30. The zero-order valence-electron chi connectivity index (χ0n) is 11.5. The minimum atomic E-state index is -2.24. The molecular formula is C14H18ClF2N3S. The number of nitrogens with one attached hydrogen (secondary N) is 1. The first kappa shape index (κ1) is 16.5. The number of para-hydroxylation sites is 1. The lowest BCUT2D eigenvalue weighted by Crippen LogP contribution is -2.27. The maximum absolute atomic E-state index is 12.4. The number of halogens is 3. The molecule has 116 valence electrons. The van der Waals surface area contributed by atoms with E-state index in [-0.39, 0.29) is 19.0 Å². The number of rotatable bonds is 3. The summed E-state index contributed by atoms with van der Waals surface area (Å²) in [5.74, 6) is 0. The van der Waals surface area contributed by atoms with Crippen molar-refractivity contribution in [3.8, 4) is 0 Å². The Morgan fingerprint density at radius 2 is 2.19 bits per heavy atom. The van der Waals surface area contributed by atoms with Gasteiger partial charge in [-0.3, -0.25) is 9.89 Å². The quantitative estimate of drug-likeness (QED) is 0.918. The smallest absolute Gasteiger partial charge is 0.251 e. The molecule has 1 saturated heterocycles. The van der Waals surface area contributed by atoms with Gasteiger partial charge >= 0.3 is 0 Å². The summed E-state index contributed by atoms with van der Waals surface area (Å²) < 4.78 is 24.7. The van der Waals surface area contributed by atoms with Gasteiger partial charge in [0.05, 0.1) is 13.1 Å². The third kappa shape index (κ3) is 4.31. The Labute approximate surface area is 133 Å². The molecule has 3 nitrogen and oxygen atoms in total. The lowest BCUT2D eigenvalue weighted by molar-refractivity contribution is 0.0998. The van der Waals surface area contributed by atoms with Crippen LogP contribution in [0.25, 0.3) is 0 Å². The summed E-state index contributed by atoms with van der Waals surface area (Å²) in [7, 11) is 0. The summed E-state index contributed by atoms with van der Waals surface area (Å²) >= 11 is 1.67. The molecule has 0 bridgehead atoms. The molecule has 1 atom stereocenters. The topological polar surface area (TPSA) is 27.6 Å². The van der Waals surface area contributed by atoms with Crippen molar-refractivity contribution in [2.24, 2.45) is 4.99 Å². The maximum atomic E-state index is 12.4. The minimum absolute atomic E-state index is 0. The second-order valence-electron chi connectivity index (χ2n) is 5.08. The number of likely N-dealkylation sites (tertiary alicyclic amines) is 1. The molecule has 0 radical (unpaired) electrons. The summed E-state index contributed by atoms with van der Waals surface area (Å²) in [4.78, 5) is 6.36. The molecule has 1 fully saturated rings. The normalized spacial score (nSPS) is 21.5. The number of hydrogen-bond donors (Lipinski definition) is 1. The van der Waals surface area contributed by atoms with Gasteiger partial charge in [0.25, 0.3) is 6.43 Å². The Hall–Kier alpha value is -0.850. The molecule has 0 amide bonds. The van der Waals surface area contributed by atoms with Crippen molar-refractivity contribution >= 4 is 35.0 Å².